The van der Waals surface area contributed by atoms with Gasteiger partial charge in [0.1, 0.15) is 31.7 Å². The molecule has 184 valence electrons. The molecule has 1 saturated heterocycles. The Morgan fingerprint density at radius 3 is 2.74 bits per heavy atom. The van der Waals surface area contributed by atoms with Crippen LogP contribution in [0.4, 0.5) is 5.69 Å². The molecule has 0 unspecified atom stereocenters. The van der Waals surface area contributed by atoms with Gasteiger partial charge in [-0.15, -0.1) is 0 Å². The van der Waals surface area contributed by atoms with E-state index in [4.69, 9.17) is 14.2 Å². The van der Waals surface area contributed by atoms with Crippen molar-refractivity contribution in [1.82, 2.24) is 9.88 Å². The highest BCUT2D eigenvalue weighted by Crippen LogP contribution is 2.37. The first-order valence-electron chi connectivity index (χ1n) is 12.6. The molecule has 3 aromatic rings. The summed E-state index contributed by atoms with van der Waals surface area (Å²) in [5.41, 5.74) is 3.34. The van der Waals surface area contributed by atoms with Crippen LogP contribution in [0.25, 0.3) is 10.9 Å². The van der Waals surface area contributed by atoms with Crippen LogP contribution in [0.3, 0.4) is 0 Å². The number of fused-ring (bicyclic) bond motifs is 6. The number of benzene rings is 2. The Labute approximate surface area is 205 Å². The van der Waals surface area contributed by atoms with E-state index in [0.717, 1.165) is 59.8 Å². The maximum absolute atomic E-state index is 10.9. The first kappa shape index (κ1) is 22.3. The molecular formula is C28H33N3O4. The third-order valence-corrected chi connectivity index (χ3v) is 7.29. The number of aromatic nitrogens is 1. The van der Waals surface area contributed by atoms with E-state index < -0.39 is 6.10 Å². The number of hydrogen-bond acceptors (Lipinski definition) is 6. The monoisotopic (exact) mass is 475 g/mol. The van der Waals surface area contributed by atoms with Crippen molar-refractivity contribution in [3.63, 3.8) is 0 Å². The van der Waals surface area contributed by atoms with E-state index in [9.17, 15) is 5.11 Å². The molecule has 0 saturated carbocycles. The van der Waals surface area contributed by atoms with E-state index in [1.807, 2.05) is 31.2 Å². The summed E-state index contributed by atoms with van der Waals surface area (Å²) >= 11 is 0. The average molecular weight is 476 g/mol. The normalized spacial score (nSPS) is 23.7. The van der Waals surface area contributed by atoms with Crippen LogP contribution in [0.5, 0.6) is 17.2 Å². The van der Waals surface area contributed by atoms with Crippen LogP contribution in [-0.2, 0) is 0 Å². The minimum atomic E-state index is -0.558. The number of nitrogens with zero attached hydrogens (tertiary/aromatic N) is 2. The molecule has 2 aromatic carbocycles. The number of nitrogens with one attached hydrogen (secondary N) is 1. The largest absolute Gasteiger partial charge is 0.490 e. The number of piperazine rings is 1. The third kappa shape index (κ3) is 4.58. The van der Waals surface area contributed by atoms with Gasteiger partial charge in [-0.25, -0.2) is 0 Å². The van der Waals surface area contributed by atoms with Gasteiger partial charge in [0, 0.05) is 60.1 Å². The number of aryl methyl sites for hydroxylation is 1. The zero-order chi connectivity index (χ0) is 23.8. The van der Waals surface area contributed by atoms with E-state index in [1.54, 1.807) is 0 Å². The smallest absolute Gasteiger partial charge is 0.163 e. The van der Waals surface area contributed by atoms with Crippen molar-refractivity contribution in [2.24, 2.45) is 0 Å². The number of hydrogen-bond donors (Lipinski definition) is 2. The highest BCUT2D eigenvalue weighted by Gasteiger charge is 2.35. The molecule has 4 aliphatic rings. The van der Waals surface area contributed by atoms with Crippen LogP contribution in [-0.4, -0.2) is 72.6 Å². The number of H-pyrrole nitrogens is 1. The summed E-state index contributed by atoms with van der Waals surface area (Å²) in [6.07, 6.45) is 6.00. The highest BCUT2D eigenvalue weighted by atomic mass is 16.6. The SMILES string of the molecule is Cc1cc2c(OC[C@@H](O)CN3C[C@@H]4C/C=C\C[C@H]3CN4c3ccc4c(c3)OCCO4)cccc2[nH]1. The minimum Gasteiger partial charge on any atom is -0.490 e. The molecule has 35 heavy (non-hydrogen) atoms. The first-order valence-corrected chi connectivity index (χ1v) is 12.6. The van der Waals surface area contributed by atoms with Crippen molar-refractivity contribution >= 4 is 16.6 Å². The lowest BCUT2D eigenvalue weighted by atomic mass is 9.96. The Balaban J connectivity index is 1.13. The number of aliphatic hydroxyl groups is 1. The summed E-state index contributed by atoms with van der Waals surface area (Å²) in [5.74, 6) is 2.47. The molecule has 0 spiro atoms. The number of anilines is 1. The topological polar surface area (TPSA) is 70.2 Å². The predicted molar refractivity (Wildman–Crippen MR) is 137 cm³/mol. The minimum absolute atomic E-state index is 0.277. The van der Waals surface area contributed by atoms with Gasteiger partial charge in [0.15, 0.2) is 11.5 Å². The van der Waals surface area contributed by atoms with E-state index in [-0.39, 0.29) is 6.61 Å². The van der Waals surface area contributed by atoms with E-state index in [1.165, 1.54) is 5.69 Å². The molecule has 0 radical (unpaired) electrons. The Hall–Kier alpha value is -3.16. The lowest BCUT2D eigenvalue weighted by Crippen LogP contribution is -2.60. The Morgan fingerprint density at radius 2 is 1.86 bits per heavy atom. The van der Waals surface area contributed by atoms with Gasteiger partial charge in [-0.2, -0.15) is 0 Å². The van der Waals surface area contributed by atoms with E-state index in [2.05, 4.69) is 45.1 Å². The van der Waals surface area contributed by atoms with Gasteiger partial charge in [0.25, 0.3) is 0 Å². The second kappa shape index (κ2) is 9.47. The summed E-state index contributed by atoms with van der Waals surface area (Å²) in [6, 6.07) is 15.0. The van der Waals surface area contributed by atoms with Crippen molar-refractivity contribution in [3.8, 4) is 17.2 Å². The molecule has 1 aromatic heterocycles. The summed E-state index contributed by atoms with van der Waals surface area (Å²) < 4.78 is 17.6. The molecule has 2 N–H and O–H groups in total. The van der Waals surface area contributed by atoms with Gasteiger partial charge >= 0.3 is 0 Å². The van der Waals surface area contributed by atoms with Gasteiger partial charge in [0.05, 0.1) is 0 Å². The first-order chi connectivity index (χ1) is 17.1. The van der Waals surface area contributed by atoms with Crippen molar-refractivity contribution in [1.29, 1.82) is 0 Å². The second-order valence-corrected chi connectivity index (χ2v) is 9.82. The maximum Gasteiger partial charge on any atom is 0.163 e. The molecule has 7 rings (SSSR count). The van der Waals surface area contributed by atoms with Gasteiger partial charge in [0.2, 0.25) is 0 Å². The molecule has 0 amide bonds. The summed E-state index contributed by atoms with van der Waals surface area (Å²) in [7, 11) is 0. The molecule has 0 aliphatic carbocycles. The Kier molecular flexibility index (Phi) is 6.04. The quantitative estimate of drug-likeness (QED) is 0.527. The molecule has 2 bridgehead atoms. The van der Waals surface area contributed by atoms with Gasteiger partial charge in [-0.05, 0) is 50.1 Å². The zero-order valence-electron chi connectivity index (χ0n) is 20.2. The zero-order valence-corrected chi connectivity index (χ0v) is 20.2. The van der Waals surface area contributed by atoms with Crippen molar-refractivity contribution < 1.29 is 19.3 Å². The Morgan fingerprint density at radius 1 is 1.03 bits per heavy atom. The van der Waals surface area contributed by atoms with Crippen molar-refractivity contribution in [2.75, 3.05) is 44.4 Å². The number of ether oxygens (including phenoxy) is 3. The molecule has 5 heterocycles. The average Bonchev–Trinajstić information content (AvgIpc) is 3.24. The fourth-order valence-electron chi connectivity index (χ4n) is 5.59. The van der Waals surface area contributed by atoms with Crippen LogP contribution >= 0.6 is 0 Å². The van der Waals surface area contributed by atoms with Gasteiger partial charge in [-0.3, -0.25) is 4.90 Å². The molecule has 7 nitrogen and oxygen atoms in total. The predicted octanol–water partition coefficient (Wildman–Crippen LogP) is 3.90. The van der Waals surface area contributed by atoms with E-state index >= 15 is 0 Å². The fourth-order valence-corrected chi connectivity index (χ4v) is 5.59. The summed E-state index contributed by atoms with van der Waals surface area (Å²) in [6.45, 7) is 5.95. The lowest BCUT2D eigenvalue weighted by molar-refractivity contribution is 0.0408. The molecule has 4 aliphatic heterocycles. The Bertz CT molecular complexity index is 1220. The van der Waals surface area contributed by atoms with Crippen LogP contribution in [0, 0.1) is 6.92 Å². The molecule has 1 fully saturated rings. The number of aliphatic hydroxyl groups excluding tert-OH is 1. The van der Waals surface area contributed by atoms with Crippen molar-refractivity contribution in [2.45, 2.75) is 38.0 Å². The van der Waals surface area contributed by atoms with E-state index in [0.29, 0.717) is 31.8 Å². The van der Waals surface area contributed by atoms with Gasteiger partial charge in [-0.1, -0.05) is 18.2 Å². The number of aromatic amines is 1. The van der Waals surface area contributed by atoms with Gasteiger partial charge < -0.3 is 29.2 Å². The van der Waals surface area contributed by atoms with Crippen molar-refractivity contribution in [3.05, 3.63) is 60.3 Å². The summed E-state index contributed by atoms with van der Waals surface area (Å²) in [5, 5.41) is 12.0. The van der Waals surface area contributed by atoms with Crippen LogP contribution < -0.4 is 19.1 Å². The van der Waals surface area contributed by atoms with Crippen LogP contribution in [0.1, 0.15) is 18.5 Å². The van der Waals surface area contributed by atoms with Crippen LogP contribution in [0.2, 0.25) is 0 Å². The standard InChI is InChI=1S/C28H33N3O4/c1-19-13-24-25(29-19)7-4-8-26(24)35-18-23(32)17-30-15-22-6-3-2-5-21(30)16-31(22)20-9-10-27-28(14-20)34-12-11-33-27/h2-4,7-10,13-14,21-23,29,32H,5-6,11-12,15-18H2,1H3/b3-2-/t21-,22-,23-/m0/s1. The number of rotatable bonds is 6. The van der Waals surface area contributed by atoms with Crippen LogP contribution in [0.15, 0.2) is 54.6 Å². The third-order valence-electron chi connectivity index (χ3n) is 7.29. The highest BCUT2D eigenvalue weighted by molar-refractivity contribution is 5.86. The molecule has 3 atom stereocenters. The lowest BCUT2D eigenvalue weighted by Gasteiger charge is -2.49. The molecular weight excluding hydrogens is 442 g/mol. The second-order valence-electron chi connectivity index (χ2n) is 9.82. The molecule has 7 heteroatoms. The maximum atomic E-state index is 10.9. The summed E-state index contributed by atoms with van der Waals surface area (Å²) in [4.78, 5) is 8.28. The fraction of sp³-hybridized carbons (Fsp3) is 0.429.